The summed E-state index contributed by atoms with van der Waals surface area (Å²) in [6.45, 7) is 2.45. The molecule has 1 atom stereocenters. The lowest BCUT2D eigenvalue weighted by Crippen LogP contribution is -2.26. The third-order valence-corrected chi connectivity index (χ3v) is 3.83. The van der Waals surface area contributed by atoms with E-state index in [1.807, 2.05) is 13.8 Å². The van der Waals surface area contributed by atoms with E-state index in [4.69, 9.17) is 0 Å². The summed E-state index contributed by atoms with van der Waals surface area (Å²) in [6, 6.07) is 5.73. The van der Waals surface area contributed by atoms with Crippen LogP contribution in [0.2, 0.25) is 0 Å². The Morgan fingerprint density at radius 3 is 2.30 bits per heavy atom. The highest BCUT2D eigenvalue weighted by atomic mass is 79.9. The van der Waals surface area contributed by atoms with E-state index in [-0.39, 0.29) is 22.4 Å². The van der Waals surface area contributed by atoms with Gasteiger partial charge in [-0.3, -0.25) is 4.79 Å². The van der Waals surface area contributed by atoms with Gasteiger partial charge in [0.1, 0.15) is 5.75 Å². The third-order valence-electron chi connectivity index (χ3n) is 2.36. The third kappa shape index (κ3) is 5.81. The molecule has 1 unspecified atom stereocenters. The summed E-state index contributed by atoms with van der Waals surface area (Å²) in [5, 5.41) is 2.66. The Kier molecular flexibility index (Phi) is 5.86. The molecule has 0 bridgehead atoms. The van der Waals surface area contributed by atoms with Crippen LogP contribution in [-0.4, -0.2) is 23.5 Å². The molecule has 0 spiro atoms. The zero-order valence-corrected chi connectivity index (χ0v) is 12.6. The van der Waals surface area contributed by atoms with Crippen LogP contribution in [0.4, 0.5) is 18.9 Å². The van der Waals surface area contributed by atoms with Crippen LogP contribution >= 0.6 is 15.9 Å². The van der Waals surface area contributed by atoms with Gasteiger partial charge in [-0.1, -0.05) is 29.8 Å². The molecule has 1 aromatic carbocycles. The SMILES string of the molecule is CC(C)C(Br)C(=O)Nc1ccc(OCC(F)(F)F)cc1. The number of hydrogen-bond donors (Lipinski definition) is 1. The van der Waals surface area contributed by atoms with Gasteiger partial charge in [-0.25, -0.2) is 0 Å². The molecule has 0 aliphatic heterocycles. The first-order valence-electron chi connectivity index (χ1n) is 5.93. The Morgan fingerprint density at radius 1 is 1.30 bits per heavy atom. The Hall–Kier alpha value is -1.24. The van der Waals surface area contributed by atoms with Gasteiger partial charge in [0.2, 0.25) is 5.91 Å². The number of alkyl halides is 4. The average molecular weight is 354 g/mol. The number of hydrogen-bond acceptors (Lipinski definition) is 2. The number of nitrogens with one attached hydrogen (secondary N) is 1. The van der Waals surface area contributed by atoms with Crippen LogP contribution in [0.5, 0.6) is 5.75 Å². The molecular formula is C13H15BrF3NO2. The van der Waals surface area contributed by atoms with Crippen molar-refractivity contribution in [1.29, 1.82) is 0 Å². The first-order chi connectivity index (χ1) is 9.19. The van der Waals surface area contributed by atoms with Gasteiger partial charge >= 0.3 is 6.18 Å². The maximum atomic E-state index is 12.0. The molecule has 0 aliphatic carbocycles. The molecule has 1 amide bonds. The molecule has 20 heavy (non-hydrogen) atoms. The summed E-state index contributed by atoms with van der Waals surface area (Å²) in [5.74, 6) is 0.0212. The quantitative estimate of drug-likeness (QED) is 0.813. The van der Waals surface area contributed by atoms with Crippen molar-refractivity contribution in [2.24, 2.45) is 5.92 Å². The molecular weight excluding hydrogens is 339 g/mol. The maximum Gasteiger partial charge on any atom is 0.422 e. The van der Waals surface area contributed by atoms with E-state index in [2.05, 4.69) is 26.0 Å². The molecule has 3 nitrogen and oxygen atoms in total. The molecule has 0 fully saturated rings. The molecule has 7 heteroatoms. The van der Waals surface area contributed by atoms with Crippen molar-refractivity contribution in [3.63, 3.8) is 0 Å². The number of ether oxygens (including phenoxy) is 1. The fourth-order valence-electron chi connectivity index (χ4n) is 1.31. The van der Waals surface area contributed by atoms with Crippen molar-refractivity contribution >= 4 is 27.5 Å². The molecule has 0 saturated carbocycles. The number of rotatable bonds is 5. The van der Waals surface area contributed by atoms with Crippen molar-refractivity contribution in [1.82, 2.24) is 0 Å². The Morgan fingerprint density at radius 2 is 1.85 bits per heavy atom. The normalized spacial score (nSPS) is 13.2. The molecule has 1 rings (SSSR count). The predicted molar refractivity (Wildman–Crippen MR) is 74.2 cm³/mol. The number of benzene rings is 1. The lowest BCUT2D eigenvalue weighted by atomic mass is 10.1. The lowest BCUT2D eigenvalue weighted by molar-refractivity contribution is -0.153. The second kappa shape index (κ2) is 6.97. The fraction of sp³-hybridized carbons (Fsp3) is 0.462. The van der Waals surface area contributed by atoms with E-state index in [1.165, 1.54) is 24.3 Å². The maximum absolute atomic E-state index is 12.0. The number of carbonyl (C=O) groups is 1. The molecule has 0 heterocycles. The van der Waals surface area contributed by atoms with Gasteiger partial charge in [0.25, 0.3) is 0 Å². The van der Waals surface area contributed by atoms with E-state index in [9.17, 15) is 18.0 Å². The number of anilines is 1. The van der Waals surface area contributed by atoms with Gasteiger partial charge in [0, 0.05) is 5.69 Å². The van der Waals surface area contributed by atoms with Crippen LogP contribution < -0.4 is 10.1 Å². The van der Waals surface area contributed by atoms with Crippen molar-refractivity contribution in [3.8, 4) is 5.75 Å². The first kappa shape index (κ1) is 16.8. The molecule has 0 radical (unpaired) electrons. The van der Waals surface area contributed by atoms with Crippen LogP contribution in [-0.2, 0) is 4.79 Å². The molecule has 112 valence electrons. The average Bonchev–Trinajstić information content (AvgIpc) is 2.36. The number of carbonyl (C=O) groups excluding carboxylic acids is 1. The Bertz CT molecular complexity index is 446. The molecule has 1 N–H and O–H groups in total. The minimum atomic E-state index is -4.37. The highest BCUT2D eigenvalue weighted by molar-refractivity contribution is 9.10. The van der Waals surface area contributed by atoms with Crippen molar-refractivity contribution in [3.05, 3.63) is 24.3 Å². The fourth-order valence-corrected chi connectivity index (χ4v) is 1.43. The smallest absolute Gasteiger partial charge is 0.422 e. The second-order valence-corrected chi connectivity index (χ2v) is 5.55. The van der Waals surface area contributed by atoms with Crippen LogP contribution in [0.3, 0.4) is 0 Å². The zero-order valence-electron chi connectivity index (χ0n) is 11.0. The van der Waals surface area contributed by atoms with Crippen LogP contribution in [0.1, 0.15) is 13.8 Å². The molecule has 0 aliphatic rings. The van der Waals surface area contributed by atoms with E-state index < -0.39 is 12.8 Å². The number of halogens is 4. The summed E-state index contributed by atoms with van der Waals surface area (Å²) in [4.78, 5) is 11.4. The van der Waals surface area contributed by atoms with E-state index in [0.29, 0.717) is 5.69 Å². The van der Waals surface area contributed by atoms with E-state index >= 15 is 0 Å². The van der Waals surface area contributed by atoms with Gasteiger partial charge in [-0.2, -0.15) is 13.2 Å². The minimum absolute atomic E-state index is 0.0968. The predicted octanol–water partition coefficient (Wildman–Crippen LogP) is 3.99. The van der Waals surface area contributed by atoms with E-state index in [1.54, 1.807) is 0 Å². The highest BCUT2D eigenvalue weighted by Crippen LogP contribution is 2.21. The van der Waals surface area contributed by atoms with Gasteiger partial charge in [-0.15, -0.1) is 0 Å². The molecule has 0 aromatic heterocycles. The van der Waals surface area contributed by atoms with Gasteiger partial charge in [-0.05, 0) is 30.2 Å². The summed E-state index contributed by atoms with van der Waals surface area (Å²) in [7, 11) is 0. The Balaban J connectivity index is 2.57. The minimum Gasteiger partial charge on any atom is -0.484 e. The highest BCUT2D eigenvalue weighted by Gasteiger charge is 2.28. The summed E-state index contributed by atoms with van der Waals surface area (Å²) in [6.07, 6.45) is -4.37. The monoisotopic (exact) mass is 353 g/mol. The first-order valence-corrected chi connectivity index (χ1v) is 6.85. The largest absolute Gasteiger partial charge is 0.484 e. The van der Waals surface area contributed by atoms with Crippen LogP contribution in [0.15, 0.2) is 24.3 Å². The van der Waals surface area contributed by atoms with Gasteiger partial charge in [0.05, 0.1) is 4.83 Å². The molecule has 0 saturated heterocycles. The van der Waals surface area contributed by atoms with Gasteiger partial charge < -0.3 is 10.1 Å². The molecule has 1 aromatic rings. The number of amides is 1. The van der Waals surface area contributed by atoms with Crippen molar-refractivity contribution in [2.75, 3.05) is 11.9 Å². The van der Waals surface area contributed by atoms with Gasteiger partial charge in [0.15, 0.2) is 6.61 Å². The Labute approximate surface area is 123 Å². The topological polar surface area (TPSA) is 38.3 Å². The van der Waals surface area contributed by atoms with Crippen molar-refractivity contribution < 1.29 is 22.7 Å². The summed E-state index contributed by atoms with van der Waals surface area (Å²) < 4.78 is 40.5. The van der Waals surface area contributed by atoms with Crippen molar-refractivity contribution in [2.45, 2.75) is 24.9 Å². The van der Waals surface area contributed by atoms with Crippen LogP contribution in [0.25, 0.3) is 0 Å². The summed E-state index contributed by atoms with van der Waals surface area (Å²) in [5.41, 5.74) is 0.499. The second-order valence-electron chi connectivity index (χ2n) is 4.56. The van der Waals surface area contributed by atoms with E-state index in [0.717, 1.165) is 0 Å². The standard InChI is InChI=1S/C13H15BrF3NO2/c1-8(2)11(14)12(19)18-9-3-5-10(6-4-9)20-7-13(15,16)17/h3-6,8,11H,7H2,1-2H3,(H,18,19). The van der Waals surface area contributed by atoms with Crippen LogP contribution in [0, 0.1) is 5.92 Å². The summed E-state index contributed by atoms with van der Waals surface area (Å²) >= 11 is 3.26. The lowest BCUT2D eigenvalue weighted by Gasteiger charge is -2.14. The zero-order chi connectivity index (χ0) is 15.3.